The zero-order valence-corrected chi connectivity index (χ0v) is 18.7. The van der Waals surface area contributed by atoms with Crippen molar-refractivity contribution in [2.45, 2.75) is 18.9 Å². The molecule has 0 aliphatic carbocycles. The third kappa shape index (κ3) is 5.40. The molecule has 2 heterocycles. The Hall–Kier alpha value is -3.79. The molecule has 3 aromatic rings. The van der Waals surface area contributed by atoms with Crippen molar-refractivity contribution in [2.24, 2.45) is 0 Å². The second-order valence-electron chi connectivity index (χ2n) is 7.62. The first-order valence-electron chi connectivity index (χ1n) is 10.5. The highest BCUT2D eigenvalue weighted by Gasteiger charge is 2.36. The number of rotatable bonds is 9. The summed E-state index contributed by atoms with van der Waals surface area (Å²) in [4.78, 5) is 40.3. The molecular formula is C24H20FN3O5S. The van der Waals surface area contributed by atoms with Gasteiger partial charge in [-0.3, -0.25) is 29.6 Å². The highest BCUT2D eigenvalue weighted by Crippen LogP contribution is 2.29. The van der Waals surface area contributed by atoms with Crippen LogP contribution in [0, 0.1) is 15.9 Å². The molecule has 8 nitrogen and oxygen atoms in total. The van der Waals surface area contributed by atoms with E-state index in [-0.39, 0.29) is 34.8 Å². The zero-order chi connectivity index (χ0) is 24.1. The van der Waals surface area contributed by atoms with E-state index >= 15 is 0 Å². The molecule has 174 valence electrons. The van der Waals surface area contributed by atoms with E-state index in [0.717, 1.165) is 29.5 Å². The molecule has 4 rings (SSSR count). The van der Waals surface area contributed by atoms with Crippen molar-refractivity contribution in [2.75, 3.05) is 12.4 Å². The second kappa shape index (κ2) is 10.4. The lowest BCUT2D eigenvalue weighted by molar-refractivity contribution is -0.384. The summed E-state index contributed by atoms with van der Waals surface area (Å²) in [5.74, 6) is -0.224. The van der Waals surface area contributed by atoms with Gasteiger partial charge in [0.2, 0.25) is 5.91 Å². The summed E-state index contributed by atoms with van der Waals surface area (Å²) in [5.41, 5.74) is 1.41. The lowest BCUT2D eigenvalue weighted by atomic mass is 10.0. The summed E-state index contributed by atoms with van der Waals surface area (Å²) in [6.07, 6.45) is 4.55. The lowest BCUT2D eigenvalue weighted by Crippen LogP contribution is -2.43. The van der Waals surface area contributed by atoms with E-state index in [0.29, 0.717) is 24.2 Å². The van der Waals surface area contributed by atoms with E-state index in [1.165, 1.54) is 11.0 Å². The van der Waals surface area contributed by atoms with Crippen LogP contribution in [0.4, 0.5) is 14.9 Å². The number of nitrogens with zero attached hydrogens (tertiary/aromatic N) is 3. The number of thioether (sulfide) groups is 1. The predicted molar refractivity (Wildman–Crippen MR) is 125 cm³/mol. The normalized spacial score (nSPS) is 14.3. The predicted octanol–water partition coefficient (Wildman–Crippen LogP) is 4.87. The molecule has 1 atom stereocenters. The van der Waals surface area contributed by atoms with Crippen molar-refractivity contribution in [3.63, 3.8) is 0 Å². The Morgan fingerprint density at radius 1 is 1.12 bits per heavy atom. The fourth-order valence-electron chi connectivity index (χ4n) is 3.66. The number of halogens is 1. The minimum atomic E-state index is -0.578. The summed E-state index contributed by atoms with van der Waals surface area (Å²) in [6, 6.07) is 13.1. The molecule has 1 saturated heterocycles. The number of aromatic nitrogens is 1. The van der Waals surface area contributed by atoms with Crippen LogP contribution < -0.4 is 4.74 Å². The maximum atomic E-state index is 14.2. The summed E-state index contributed by atoms with van der Waals surface area (Å²) in [6.45, 7) is 0.105. The number of ether oxygens (including phenoxy) is 1. The van der Waals surface area contributed by atoms with Crippen LogP contribution in [0.2, 0.25) is 0 Å². The molecule has 0 radical (unpaired) electrons. The van der Waals surface area contributed by atoms with Crippen molar-refractivity contribution in [1.29, 1.82) is 0 Å². The molecule has 1 unspecified atom stereocenters. The van der Waals surface area contributed by atoms with Crippen LogP contribution in [0.15, 0.2) is 67.0 Å². The summed E-state index contributed by atoms with van der Waals surface area (Å²) >= 11 is 0.978. The monoisotopic (exact) mass is 478 g/mol. The van der Waals surface area contributed by atoms with E-state index in [1.807, 2.05) is 12.1 Å². The van der Waals surface area contributed by atoms with Gasteiger partial charge in [0.1, 0.15) is 18.2 Å². The Morgan fingerprint density at radius 3 is 2.50 bits per heavy atom. The SMILES string of the molecule is O=C1CSC(=O)N1C(CCc1ccncc1)COc1ccc(-c2cc([N+](=O)[O-])ccc2[16F])cc1. The number of hydrogen-bond acceptors (Lipinski definition) is 7. The van der Waals surface area contributed by atoms with Crippen molar-refractivity contribution in [1.82, 2.24) is 9.88 Å². The average Bonchev–Trinajstić information content (AvgIpc) is 3.18. The number of hydrogen-bond donors (Lipinski definition) is 0. The fraction of sp³-hybridized carbons (Fsp3) is 0.208. The fourth-order valence-corrected chi connectivity index (χ4v) is 4.43. The minimum absolute atomic E-state index is 0.105. The molecule has 1 aliphatic rings. The number of pyridine rings is 1. The quantitative estimate of drug-likeness (QED) is 0.319. The van der Waals surface area contributed by atoms with Gasteiger partial charge in [-0.1, -0.05) is 23.9 Å². The van der Waals surface area contributed by atoms with Gasteiger partial charge in [-0.05, 0) is 54.3 Å². The van der Waals surface area contributed by atoms with Gasteiger partial charge in [0.25, 0.3) is 10.9 Å². The molecule has 0 bridgehead atoms. The van der Waals surface area contributed by atoms with E-state index in [1.54, 1.807) is 36.7 Å². The standard InChI is InChI=1S/C24H20FN3O5S/c25-22-8-5-18(28(31)32)13-21(22)17-2-6-20(7-3-17)33-14-19(27-23(29)15-34-24(27)30)4-1-16-9-11-26-12-10-16/h2-3,5-13,19H,1,4,14-15H2/i25-3. The molecule has 0 spiro atoms. The van der Waals surface area contributed by atoms with Crippen LogP contribution in [0.1, 0.15) is 12.0 Å². The number of carbonyl (C=O) groups excluding carboxylic acids is 2. The second-order valence-corrected chi connectivity index (χ2v) is 8.55. The topological polar surface area (TPSA) is 103 Å². The Bertz CT molecular complexity index is 1190. The Kier molecular flexibility index (Phi) is 7.17. The van der Waals surface area contributed by atoms with Crippen molar-refractivity contribution >= 4 is 28.6 Å². The average molecular weight is 479 g/mol. The molecule has 10 heteroatoms. The Balaban J connectivity index is 1.47. The largest absolute Gasteiger partial charge is 0.491 e. The molecule has 0 N–H and O–H groups in total. The third-order valence-corrected chi connectivity index (χ3v) is 6.27. The van der Waals surface area contributed by atoms with Gasteiger partial charge in [0, 0.05) is 30.1 Å². The minimum Gasteiger partial charge on any atom is -0.491 e. The van der Waals surface area contributed by atoms with E-state index in [4.69, 9.17) is 4.74 Å². The Morgan fingerprint density at radius 2 is 1.85 bits per heavy atom. The maximum absolute atomic E-state index is 14.2. The summed E-state index contributed by atoms with van der Waals surface area (Å²) < 4.78 is 20.1. The molecule has 2 aromatic carbocycles. The maximum Gasteiger partial charge on any atom is 0.289 e. The van der Waals surface area contributed by atoms with Crippen LogP contribution in [0.3, 0.4) is 0 Å². The molecule has 1 aromatic heterocycles. The van der Waals surface area contributed by atoms with Crippen molar-refractivity contribution < 1.29 is 23.6 Å². The number of carbonyl (C=O) groups is 2. The van der Waals surface area contributed by atoms with Gasteiger partial charge >= 0.3 is 0 Å². The highest BCUT2D eigenvalue weighted by atomic mass is 32.2. The van der Waals surface area contributed by atoms with Gasteiger partial charge in [0.05, 0.1) is 16.7 Å². The number of aryl methyl sites for hydroxylation is 1. The van der Waals surface area contributed by atoms with E-state index < -0.39 is 16.8 Å². The van der Waals surface area contributed by atoms with Crippen molar-refractivity contribution in [3.8, 4) is 16.9 Å². The van der Waals surface area contributed by atoms with Gasteiger partial charge in [0.15, 0.2) is 0 Å². The number of benzene rings is 2. The molecule has 2 amide bonds. The number of non-ortho nitro benzene ring substituents is 1. The first-order valence-corrected chi connectivity index (χ1v) is 11.5. The summed E-state index contributed by atoms with van der Waals surface area (Å²) in [5, 5.41) is 10.7. The van der Waals surface area contributed by atoms with Crippen LogP contribution in [0.25, 0.3) is 11.1 Å². The van der Waals surface area contributed by atoms with Gasteiger partial charge in [-0.2, -0.15) is 0 Å². The molecule has 0 saturated carbocycles. The number of amides is 2. The number of nitro groups is 1. The first-order chi connectivity index (χ1) is 16.4. The molecular weight excluding hydrogens is 458 g/mol. The van der Waals surface area contributed by atoms with Gasteiger partial charge < -0.3 is 4.74 Å². The van der Waals surface area contributed by atoms with E-state index in [9.17, 15) is 24.1 Å². The van der Waals surface area contributed by atoms with Gasteiger partial charge in [-0.25, -0.2) is 4.39 Å². The molecule has 34 heavy (non-hydrogen) atoms. The van der Waals surface area contributed by atoms with E-state index in [2.05, 4.69) is 4.98 Å². The molecule has 1 aliphatic heterocycles. The zero-order valence-electron chi connectivity index (χ0n) is 17.9. The smallest absolute Gasteiger partial charge is 0.289 e. The summed E-state index contributed by atoms with van der Waals surface area (Å²) in [7, 11) is 0. The van der Waals surface area contributed by atoms with Crippen LogP contribution >= 0.6 is 11.8 Å². The van der Waals surface area contributed by atoms with Crippen LogP contribution in [-0.2, 0) is 11.2 Å². The number of imide groups is 1. The third-order valence-electron chi connectivity index (χ3n) is 5.43. The Labute approximate surface area is 198 Å². The lowest BCUT2D eigenvalue weighted by Gasteiger charge is -2.25. The highest BCUT2D eigenvalue weighted by molar-refractivity contribution is 8.14. The van der Waals surface area contributed by atoms with Crippen LogP contribution in [0.5, 0.6) is 5.75 Å². The van der Waals surface area contributed by atoms with Crippen LogP contribution in [-0.4, -0.2) is 44.4 Å². The first kappa shape index (κ1) is 23.4. The number of nitro benzene ring substituents is 1. The molecule has 1 fully saturated rings. The van der Waals surface area contributed by atoms with Gasteiger partial charge in [-0.15, -0.1) is 0 Å². The van der Waals surface area contributed by atoms with Crippen molar-refractivity contribution in [3.05, 3.63) is 88.5 Å².